The van der Waals surface area contributed by atoms with Gasteiger partial charge in [0.2, 0.25) is 0 Å². The van der Waals surface area contributed by atoms with Crippen LogP contribution in [0.3, 0.4) is 0 Å². The highest BCUT2D eigenvalue weighted by atomic mass is 79.9. The zero-order valence-corrected chi connectivity index (χ0v) is 14.9. The Hall–Kier alpha value is -2.34. The molecule has 2 rings (SSSR count). The van der Waals surface area contributed by atoms with Crippen LogP contribution in [0.2, 0.25) is 0 Å². The molecular weight excluding hydrogens is 372 g/mol. The molecule has 0 fully saturated rings. The van der Waals surface area contributed by atoms with Crippen LogP contribution in [0.25, 0.3) is 0 Å². The van der Waals surface area contributed by atoms with Gasteiger partial charge in [-0.25, -0.2) is 4.79 Å². The number of aryl methyl sites for hydroxylation is 1. The average Bonchev–Trinajstić information content (AvgIpc) is 2.56. The minimum Gasteiger partial charge on any atom is -0.452 e. The van der Waals surface area contributed by atoms with Gasteiger partial charge in [-0.15, -0.1) is 0 Å². The van der Waals surface area contributed by atoms with Crippen molar-refractivity contribution < 1.29 is 14.3 Å². The predicted molar refractivity (Wildman–Crippen MR) is 96.7 cm³/mol. The summed E-state index contributed by atoms with van der Waals surface area (Å²) in [5, 5.41) is 2.73. The fourth-order valence-corrected chi connectivity index (χ4v) is 2.55. The van der Waals surface area contributed by atoms with Gasteiger partial charge in [-0.05, 0) is 42.7 Å². The van der Waals surface area contributed by atoms with E-state index in [1.807, 2.05) is 31.2 Å². The number of esters is 1. The number of nitrogens with two attached hydrogens (primary N) is 1. The molecule has 0 atom stereocenters. The maximum absolute atomic E-state index is 12.0. The Bertz CT molecular complexity index is 747. The molecule has 24 heavy (non-hydrogen) atoms. The molecule has 0 radical (unpaired) electrons. The van der Waals surface area contributed by atoms with Crippen LogP contribution >= 0.6 is 15.9 Å². The molecule has 2 aromatic rings. The minimum atomic E-state index is -0.622. The number of ether oxygens (including phenoxy) is 1. The summed E-state index contributed by atoms with van der Waals surface area (Å²) in [4.78, 5) is 23.7. The Morgan fingerprint density at radius 3 is 2.71 bits per heavy atom. The van der Waals surface area contributed by atoms with Crippen molar-refractivity contribution in [2.75, 3.05) is 18.9 Å². The molecule has 0 aliphatic carbocycles. The fraction of sp³-hybridized carbons (Fsp3) is 0.222. The number of nitrogens with one attached hydrogen (secondary N) is 1. The average molecular weight is 391 g/mol. The van der Waals surface area contributed by atoms with Gasteiger partial charge in [-0.1, -0.05) is 40.2 Å². The molecule has 5 nitrogen and oxygen atoms in total. The molecule has 0 bridgehead atoms. The number of carbonyl (C=O) groups is 2. The van der Waals surface area contributed by atoms with E-state index in [0.717, 1.165) is 6.42 Å². The second-order valence-electron chi connectivity index (χ2n) is 5.33. The van der Waals surface area contributed by atoms with Crippen molar-refractivity contribution in [3.05, 3.63) is 63.6 Å². The molecule has 0 saturated carbocycles. The summed E-state index contributed by atoms with van der Waals surface area (Å²) in [5.41, 5.74) is 8.64. The molecule has 126 valence electrons. The van der Waals surface area contributed by atoms with E-state index >= 15 is 0 Å². The normalized spacial score (nSPS) is 10.2. The Labute approximate surface area is 149 Å². The van der Waals surface area contributed by atoms with Crippen molar-refractivity contribution in [3.63, 3.8) is 0 Å². The van der Waals surface area contributed by atoms with Gasteiger partial charge < -0.3 is 15.8 Å². The third-order valence-electron chi connectivity index (χ3n) is 3.55. The highest BCUT2D eigenvalue weighted by Crippen LogP contribution is 2.19. The van der Waals surface area contributed by atoms with Crippen LogP contribution in [0.1, 0.15) is 21.5 Å². The Morgan fingerprint density at radius 2 is 1.96 bits per heavy atom. The van der Waals surface area contributed by atoms with E-state index in [4.69, 9.17) is 10.5 Å². The largest absolute Gasteiger partial charge is 0.452 e. The molecule has 0 spiro atoms. The van der Waals surface area contributed by atoms with E-state index in [1.54, 1.807) is 18.2 Å². The van der Waals surface area contributed by atoms with Crippen molar-refractivity contribution in [1.82, 2.24) is 5.32 Å². The van der Waals surface area contributed by atoms with Crippen LogP contribution in [-0.2, 0) is 16.0 Å². The lowest BCUT2D eigenvalue weighted by atomic mass is 10.1. The second-order valence-corrected chi connectivity index (χ2v) is 6.25. The van der Waals surface area contributed by atoms with E-state index < -0.39 is 5.97 Å². The number of hydrogen-bond donors (Lipinski definition) is 2. The number of rotatable bonds is 6. The summed E-state index contributed by atoms with van der Waals surface area (Å²) in [7, 11) is 0. The number of anilines is 1. The molecular formula is C18H19BrN2O3. The Morgan fingerprint density at radius 1 is 1.21 bits per heavy atom. The molecule has 6 heteroatoms. The van der Waals surface area contributed by atoms with Crippen molar-refractivity contribution in [1.29, 1.82) is 0 Å². The third-order valence-corrected chi connectivity index (χ3v) is 4.04. The quantitative estimate of drug-likeness (QED) is 0.586. The monoisotopic (exact) mass is 390 g/mol. The van der Waals surface area contributed by atoms with E-state index in [0.29, 0.717) is 16.7 Å². The Kier molecular flexibility index (Phi) is 6.37. The lowest BCUT2D eigenvalue weighted by Crippen LogP contribution is -2.30. The van der Waals surface area contributed by atoms with Crippen LogP contribution in [-0.4, -0.2) is 25.0 Å². The van der Waals surface area contributed by atoms with Crippen molar-refractivity contribution in [2.45, 2.75) is 13.3 Å². The first-order valence-electron chi connectivity index (χ1n) is 7.50. The van der Waals surface area contributed by atoms with Gasteiger partial charge >= 0.3 is 5.97 Å². The van der Waals surface area contributed by atoms with E-state index in [2.05, 4.69) is 21.2 Å². The van der Waals surface area contributed by atoms with Crippen molar-refractivity contribution >= 4 is 33.5 Å². The topological polar surface area (TPSA) is 81.4 Å². The molecule has 0 aliphatic heterocycles. The number of hydrogen-bond acceptors (Lipinski definition) is 4. The number of amides is 1. The first-order valence-corrected chi connectivity index (χ1v) is 8.30. The maximum Gasteiger partial charge on any atom is 0.340 e. The molecule has 1 amide bonds. The van der Waals surface area contributed by atoms with Gasteiger partial charge in [0.25, 0.3) is 5.91 Å². The van der Waals surface area contributed by atoms with Crippen LogP contribution in [0.15, 0.2) is 46.9 Å². The maximum atomic E-state index is 12.0. The van der Waals surface area contributed by atoms with Crippen molar-refractivity contribution in [3.8, 4) is 0 Å². The smallest absolute Gasteiger partial charge is 0.340 e. The first-order chi connectivity index (χ1) is 11.5. The van der Waals surface area contributed by atoms with Gasteiger partial charge in [-0.2, -0.15) is 0 Å². The standard InChI is InChI=1S/C18H19BrN2O3/c1-12-4-2-3-5-13(12)8-9-21-17(22)11-24-18(23)15-10-14(19)6-7-16(15)20/h2-7,10H,8-9,11,20H2,1H3,(H,21,22). The van der Waals surface area contributed by atoms with Gasteiger partial charge in [0.1, 0.15) is 0 Å². The number of benzene rings is 2. The SMILES string of the molecule is Cc1ccccc1CCNC(=O)COC(=O)c1cc(Br)ccc1N. The molecule has 0 unspecified atom stereocenters. The van der Waals surface area contributed by atoms with E-state index in [1.165, 1.54) is 11.1 Å². The van der Waals surface area contributed by atoms with Gasteiger partial charge in [0.05, 0.1) is 5.56 Å². The number of halogens is 1. The van der Waals surface area contributed by atoms with Crippen LogP contribution in [0.4, 0.5) is 5.69 Å². The zero-order chi connectivity index (χ0) is 17.5. The molecule has 2 aromatic carbocycles. The summed E-state index contributed by atoms with van der Waals surface area (Å²) in [6, 6.07) is 12.9. The van der Waals surface area contributed by atoms with Gasteiger partial charge in [0, 0.05) is 16.7 Å². The molecule has 0 saturated heterocycles. The van der Waals surface area contributed by atoms with Crippen LogP contribution < -0.4 is 11.1 Å². The summed E-state index contributed by atoms with van der Waals surface area (Å²) in [6.07, 6.45) is 0.727. The molecule has 3 N–H and O–H groups in total. The van der Waals surface area contributed by atoms with E-state index in [9.17, 15) is 9.59 Å². The highest BCUT2D eigenvalue weighted by Gasteiger charge is 2.13. The zero-order valence-electron chi connectivity index (χ0n) is 13.3. The minimum absolute atomic E-state index is 0.233. The lowest BCUT2D eigenvalue weighted by molar-refractivity contribution is -0.124. The summed E-state index contributed by atoms with van der Waals surface area (Å²) >= 11 is 3.26. The lowest BCUT2D eigenvalue weighted by Gasteiger charge is -2.09. The second kappa shape index (κ2) is 8.49. The van der Waals surface area contributed by atoms with Gasteiger partial charge in [0.15, 0.2) is 6.61 Å². The van der Waals surface area contributed by atoms with Crippen LogP contribution in [0.5, 0.6) is 0 Å². The van der Waals surface area contributed by atoms with Gasteiger partial charge in [-0.3, -0.25) is 4.79 Å². The van der Waals surface area contributed by atoms with Crippen molar-refractivity contribution in [2.24, 2.45) is 0 Å². The predicted octanol–water partition coefficient (Wildman–Crippen LogP) is 2.86. The fourth-order valence-electron chi connectivity index (χ4n) is 2.19. The summed E-state index contributed by atoms with van der Waals surface area (Å²) in [6.45, 7) is 2.18. The van der Waals surface area contributed by atoms with E-state index in [-0.39, 0.29) is 18.1 Å². The molecule has 0 aromatic heterocycles. The number of carbonyl (C=O) groups excluding carboxylic acids is 2. The number of nitrogen functional groups attached to an aromatic ring is 1. The molecule has 0 aliphatic rings. The first kappa shape index (κ1) is 18.0. The molecule has 0 heterocycles. The van der Waals surface area contributed by atoms with Crippen LogP contribution in [0, 0.1) is 6.92 Å². The summed E-state index contributed by atoms with van der Waals surface area (Å²) < 4.78 is 5.71. The Balaban J connectivity index is 1.78. The third kappa shape index (κ3) is 5.09. The highest BCUT2D eigenvalue weighted by molar-refractivity contribution is 9.10. The summed E-state index contributed by atoms with van der Waals surface area (Å²) in [5.74, 6) is -0.964.